The number of rotatable bonds is 7. The van der Waals surface area contributed by atoms with Crippen molar-refractivity contribution in [3.8, 4) is 5.75 Å². The van der Waals surface area contributed by atoms with Crippen molar-refractivity contribution in [1.29, 1.82) is 0 Å². The van der Waals surface area contributed by atoms with Gasteiger partial charge in [-0.3, -0.25) is 9.59 Å². The van der Waals surface area contributed by atoms with Gasteiger partial charge in [0.1, 0.15) is 5.75 Å². The minimum atomic E-state index is -0.0242. The van der Waals surface area contributed by atoms with E-state index in [9.17, 15) is 9.59 Å². The SMILES string of the molecule is CCOCCC(=O)N1CCN(Cc2cccc(OC)c2)C(=O)C1. The van der Waals surface area contributed by atoms with Crippen LogP contribution in [0.15, 0.2) is 24.3 Å². The van der Waals surface area contributed by atoms with E-state index in [0.29, 0.717) is 39.3 Å². The van der Waals surface area contributed by atoms with Crippen LogP contribution in [0.2, 0.25) is 0 Å². The van der Waals surface area contributed by atoms with Crippen molar-refractivity contribution in [3.05, 3.63) is 29.8 Å². The maximum absolute atomic E-state index is 12.3. The molecule has 23 heavy (non-hydrogen) atoms. The lowest BCUT2D eigenvalue weighted by molar-refractivity contribution is -0.146. The standard InChI is InChI=1S/C17H24N2O4/c1-3-23-10-7-16(20)19-9-8-18(17(21)13-19)12-14-5-4-6-15(11-14)22-2/h4-6,11H,3,7-10,12-13H2,1-2H3. The second-order valence-corrected chi connectivity index (χ2v) is 5.43. The molecule has 0 saturated carbocycles. The number of ether oxygens (including phenoxy) is 2. The molecule has 0 N–H and O–H groups in total. The first-order valence-corrected chi connectivity index (χ1v) is 7.90. The molecule has 1 saturated heterocycles. The Labute approximate surface area is 137 Å². The molecule has 1 fully saturated rings. The van der Waals surface area contributed by atoms with E-state index < -0.39 is 0 Å². The number of carbonyl (C=O) groups is 2. The summed E-state index contributed by atoms with van der Waals surface area (Å²) in [7, 11) is 1.62. The highest BCUT2D eigenvalue weighted by molar-refractivity contribution is 5.86. The molecule has 0 unspecified atom stereocenters. The summed E-state index contributed by atoms with van der Waals surface area (Å²) in [5.74, 6) is 0.733. The van der Waals surface area contributed by atoms with Crippen molar-refractivity contribution in [3.63, 3.8) is 0 Å². The molecule has 1 aliphatic rings. The van der Waals surface area contributed by atoms with Gasteiger partial charge in [-0.2, -0.15) is 0 Å². The number of methoxy groups -OCH3 is 1. The number of carbonyl (C=O) groups excluding carboxylic acids is 2. The van der Waals surface area contributed by atoms with E-state index in [4.69, 9.17) is 9.47 Å². The summed E-state index contributed by atoms with van der Waals surface area (Å²) in [4.78, 5) is 27.7. The van der Waals surface area contributed by atoms with Gasteiger partial charge in [-0.1, -0.05) is 12.1 Å². The summed E-state index contributed by atoms with van der Waals surface area (Å²) < 4.78 is 10.4. The van der Waals surface area contributed by atoms with Gasteiger partial charge in [0, 0.05) is 26.2 Å². The molecule has 1 aliphatic heterocycles. The molecular weight excluding hydrogens is 296 g/mol. The normalized spacial score (nSPS) is 15.0. The highest BCUT2D eigenvalue weighted by atomic mass is 16.5. The van der Waals surface area contributed by atoms with Crippen LogP contribution in [0.5, 0.6) is 5.75 Å². The minimum Gasteiger partial charge on any atom is -0.497 e. The number of nitrogens with zero attached hydrogens (tertiary/aromatic N) is 2. The lowest BCUT2D eigenvalue weighted by Crippen LogP contribution is -2.51. The number of benzene rings is 1. The Morgan fingerprint density at radius 1 is 1.30 bits per heavy atom. The molecule has 2 amide bonds. The van der Waals surface area contributed by atoms with Gasteiger partial charge in [-0.05, 0) is 24.6 Å². The van der Waals surface area contributed by atoms with Gasteiger partial charge in [-0.25, -0.2) is 0 Å². The zero-order valence-corrected chi connectivity index (χ0v) is 13.8. The van der Waals surface area contributed by atoms with E-state index in [2.05, 4.69) is 0 Å². The first-order chi connectivity index (χ1) is 11.1. The second kappa shape index (κ2) is 8.53. The Morgan fingerprint density at radius 3 is 2.83 bits per heavy atom. The fraction of sp³-hybridized carbons (Fsp3) is 0.529. The van der Waals surface area contributed by atoms with Crippen molar-refractivity contribution in [2.75, 3.05) is 40.0 Å². The van der Waals surface area contributed by atoms with Crippen LogP contribution in [0.1, 0.15) is 18.9 Å². The highest BCUT2D eigenvalue weighted by Crippen LogP contribution is 2.16. The van der Waals surface area contributed by atoms with Crippen LogP contribution < -0.4 is 4.74 Å². The lowest BCUT2D eigenvalue weighted by Gasteiger charge is -2.34. The molecule has 126 valence electrons. The maximum atomic E-state index is 12.3. The summed E-state index contributed by atoms with van der Waals surface area (Å²) in [6, 6.07) is 7.68. The molecule has 0 radical (unpaired) electrons. The molecule has 6 nitrogen and oxygen atoms in total. The Bertz CT molecular complexity index is 547. The zero-order chi connectivity index (χ0) is 16.7. The third-order valence-electron chi connectivity index (χ3n) is 3.84. The van der Waals surface area contributed by atoms with Crippen LogP contribution in [0.4, 0.5) is 0 Å². The Balaban J connectivity index is 1.86. The van der Waals surface area contributed by atoms with Gasteiger partial charge >= 0.3 is 0 Å². The van der Waals surface area contributed by atoms with Gasteiger partial charge in [0.2, 0.25) is 11.8 Å². The van der Waals surface area contributed by atoms with Crippen LogP contribution in [-0.4, -0.2) is 61.6 Å². The first-order valence-electron chi connectivity index (χ1n) is 7.90. The molecule has 0 aromatic heterocycles. The monoisotopic (exact) mass is 320 g/mol. The van der Waals surface area contributed by atoms with Crippen LogP contribution in [0.25, 0.3) is 0 Å². The number of amides is 2. The summed E-state index contributed by atoms with van der Waals surface area (Å²) in [5.41, 5.74) is 1.02. The van der Waals surface area contributed by atoms with Gasteiger partial charge in [-0.15, -0.1) is 0 Å². The molecule has 2 rings (SSSR count). The second-order valence-electron chi connectivity index (χ2n) is 5.43. The van der Waals surface area contributed by atoms with Gasteiger partial charge in [0.05, 0.1) is 26.7 Å². The molecule has 6 heteroatoms. The third-order valence-corrected chi connectivity index (χ3v) is 3.84. The van der Waals surface area contributed by atoms with E-state index in [1.165, 1.54) is 0 Å². The summed E-state index contributed by atoms with van der Waals surface area (Å²) >= 11 is 0. The van der Waals surface area contributed by atoms with Crippen molar-refractivity contribution in [2.45, 2.75) is 19.9 Å². The Kier molecular flexibility index (Phi) is 6.40. The molecular formula is C17H24N2O4. The van der Waals surface area contributed by atoms with Gasteiger partial charge in [0.15, 0.2) is 0 Å². The molecule has 0 bridgehead atoms. The van der Waals surface area contributed by atoms with E-state index in [1.54, 1.807) is 16.9 Å². The van der Waals surface area contributed by atoms with Gasteiger partial charge < -0.3 is 19.3 Å². The number of hydrogen-bond donors (Lipinski definition) is 0. The molecule has 1 aromatic rings. The van der Waals surface area contributed by atoms with Crippen LogP contribution in [0, 0.1) is 0 Å². The Hall–Kier alpha value is -2.08. The van der Waals surface area contributed by atoms with Crippen LogP contribution in [-0.2, 0) is 20.9 Å². The summed E-state index contributed by atoms with van der Waals surface area (Å²) in [6.07, 6.45) is 0.330. The van der Waals surface area contributed by atoms with Crippen molar-refractivity contribution in [2.24, 2.45) is 0 Å². The fourth-order valence-electron chi connectivity index (χ4n) is 2.54. The topological polar surface area (TPSA) is 59.1 Å². The van der Waals surface area contributed by atoms with Gasteiger partial charge in [0.25, 0.3) is 0 Å². The van der Waals surface area contributed by atoms with E-state index in [-0.39, 0.29) is 18.4 Å². The summed E-state index contributed by atoms with van der Waals surface area (Å²) in [5, 5.41) is 0. The average Bonchev–Trinajstić information content (AvgIpc) is 2.57. The van der Waals surface area contributed by atoms with E-state index in [0.717, 1.165) is 11.3 Å². The zero-order valence-electron chi connectivity index (χ0n) is 13.8. The first kappa shape index (κ1) is 17.3. The van der Waals surface area contributed by atoms with E-state index in [1.807, 2.05) is 31.2 Å². The van der Waals surface area contributed by atoms with Crippen molar-refractivity contribution in [1.82, 2.24) is 9.80 Å². The average molecular weight is 320 g/mol. The largest absolute Gasteiger partial charge is 0.497 e. The smallest absolute Gasteiger partial charge is 0.242 e. The highest BCUT2D eigenvalue weighted by Gasteiger charge is 2.26. The van der Waals surface area contributed by atoms with Crippen LogP contribution in [0.3, 0.4) is 0 Å². The van der Waals surface area contributed by atoms with E-state index >= 15 is 0 Å². The molecule has 1 aromatic carbocycles. The number of piperazine rings is 1. The molecule has 0 aliphatic carbocycles. The fourth-order valence-corrected chi connectivity index (χ4v) is 2.54. The van der Waals surface area contributed by atoms with Crippen molar-refractivity contribution >= 4 is 11.8 Å². The van der Waals surface area contributed by atoms with Crippen LogP contribution >= 0.6 is 0 Å². The molecule has 0 atom stereocenters. The lowest BCUT2D eigenvalue weighted by atomic mass is 10.2. The Morgan fingerprint density at radius 2 is 2.13 bits per heavy atom. The minimum absolute atomic E-state index is 0.0205. The quantitative estimate of drug-likeness (QED) is 0.711. The van der Waals surface area contributed by atoms with Crippen molar-refractivity contribution < 1.29 is 19.1 Å². The molecule has 1 heterocycles. The summed E-state index contributed by atoms with van der Waals surface area (Å²) in [6.45, 7) is 4.71. The molecule has 0 spiro atoms. The predicted octanol–water partition coefficient (Wildman–Crippen LogP) is 1.29. The predicted molar refractivity (Wildman–Crippen MR) is 86.1 cm³/mol. The third kappa shape index (κ3) is 4.96. The number of hydrogen-bond acceptors (Lipinski definition) is 4. The maximum Gasteiger partial charge on any atom is 0.242 e.